The summed E-state index contributed by atoms with van der Waals surface area (Å²) in [6, 6.07) is 5.22. The number of aliphatic hydroxyl groups is 1. The van der Waals surface area contributed by atoms with Gasteiger partial charge in [0.05, 0.1) is 23.5 Å². The van der Waals surface area contributed by atoms with Crippen LogP contribution in [0.25, 0.3) is 0 Å². The van der Waals surface area contributed by atoms with Crippen molar-refractivity contribution in [3.8, 4) is 0 Å². The van der Waals surface area contributed by atoms with Gasteiger partial charge in [-0.15, -0.1) is 0 Å². The van der Waals surface area contributed by atoms with Crippen molar-refractivity contribution >= 4 is 0 Å². The average Bonchev–Trinajstić information content (AvgIpc) is 3.08. The molecule has 1 aromatic heterocycles. The quantitative estimate of drug-likeness (QED) is 0.580. The lowest BCUT2D eigenvalue weighted by atomic mass is 9.70. The van der Waals surface area contributed by atoms with Gasteiger partial charge in [-0.2, -0.15) is 13.2 Å². The Kier molecular flexibility index (Phi) is 5.58. The summed E-state index contributed by atoms with van der Waals surface area (Å²) in [5.74, 6) is 0.200. The van der Waals surface area contributed by atoms with Gasteiger partial charge in [-0.25, -0.2) is 0 Å². The van der Waals surface area contributed by atoms with Crippen LogP contribution in [0.2, 0.25) is 0 Å². The maximum Gasteiger partial charge on any atom is 0.416 e. The minimum atomic E-state index is -4.38. The van der Waals surface area contributed by atoms with E-state index in [9.17, 15) is 18.3 Å². The molecule has 4 nitrogen and oxygen atoms in total. The van der Waals surface area contributed by atoms with Crippen molar-refractivity contribution in [3.63, 3.8) is 0 Å². The van der Waals surface area contributed by atoms with Crippen LogP contribution in [0.3, 0.4) is 0 Å². The summed E-state index contributed by atoms with van der Waals surface area (Å²) in [6.45, 7) is 7.54. The lowest BCUT2D eigenvalue weighted by molar-refractivity contribution is -0.137. The normalized spacial score (nSPS) is 27.3. The highest BCUT2D eigenvalue weighted by Crippen LogP contribution is 2.52. The molecule has 1 N–H and O–H groups in total. The first-order valence-electron chi connectivity index (χ1n) is 11.7. The van der Waals surface area contributed by atoms with Gasteiger partial charge in [0.1, 0.15) is 6.10 Å². The fourth-order valence-corrected chi connectivity index (χ4v) is 5.80. The van der Waals surface area contributed by atoms with E-state index in [4.69, 9.17) is 14.5 Å². The second kappa shape index (κ2) is 8.07. The van der Waals surface area contributed by atoms with Gasteiger partial charge in [-0.05, 0) is 67.2 Å². The van der Waals surface area contributed by atoms with Gasteiger partial charge in [-0.3, -0.25) is 4.98 Å². The van der Waals surface area contributed by atoms with E-state index in [0.29, 0.717) is 25.2 Å². The number of hydrogen-bond acceptors (Lipinski definition) is 4. The van der Waals surface area contributed by atoms with Crippen LogP contribution in [0.1, 0.15) is 103 Å². The van der Waals surface area contributed by atoms with Gasteiger partial charge in [0.2, 0.25) is 0 Å². The maximum atomic E-state index is 13.1. The van der Waals surface area contributed by atoms with E-state index in [0.717, 1.165) is 59.5 Å². The number of hydrogen-bond donors (Lipinski definition) is 1. The Bertz CT molecular complexity index is 1040. The van der Waals surface area contributed by atoms with Gasteiger partial charge in [-0.1, -0.05) is 26.0 Å². The summed E-state index contributed by atoms with van der Waals surface area (Å²) < 4.78 is 51.3. The molecule has 3 heterocycles. The number of benzene rings is 1. The Morgan fingerprint density at radius 2 is 1.70 bits per heavy atom. The van der Waals surface area contributed by atoms with Crippen molar-refractivity contribution < 1.29 is 27.8 Å². The molecule has 5 rings (SSSR count). The average molecular weight is 462 g/mol. The molecule has 1 aliphatic carbocycles. The van der Waals surface area contributed by atoms with Gasteiger partial charge in [0.25, 0.3) is 0 Å². The van der Waals surface area contributed by atoms with Crippen molar-refractivity contribution in [3.05, 3.63) is 63.5 Å². The Balaban J connectivity index is 1.67. The van der Waals surface area contributed by atoms with E-state index in [1.165, 1.54) is 12.1 Å². The van der Waals surface area contributed by atoms with Gasteiger partial charge in [0.15, 0.2) is 0 Å². The Morgan fingerprint density at radius 3 is 2.33 bits per heavy atom. The number of rotatable bonds is 2. The number of pyridine rings is 1. The molecule has 3 atom stereocenters. The fourth-order valence-electron chi connectivity index (χ4n) is 5.80. The molecule has 7 heteroatoms. The van der Waals surface area contributed by atoms with E-state index in [2.05, 4.69) is 13.8 Å². The third-order valence-electron chi connectivity index (χ3n) is 7.31. The highest BCUT2D eigenvalue weighted by atomic mass is 19.4. The smallest absolute Gasteiger partial charge is 0.388 e. The van der Waals surface area contributed by atoms with Crippen LogP contribution in [0.15, 0.2) is 24.3 Å². The number of aromatic nitrogens is 1. The molecule has 0 bridgehead atoms. The fraction of sp³-hybridized carbons (Fsp3) is 0.577. The molecular formula is C26H30F3NO3. The van der Waals surface area contributed by atoms with E-state index in [-0.39, 0.29) is 17.4 Å². The zero-order valence-electron chi connectivity index (χ0n) is 19.2. The molecule has 0 radical (unpaired) electrons. The molecule has 1 aromatic carbocycles. The molecule has 0 saturated carbocycles. The summed E-state index contributed by atoms with van der Waals surface area (Å²) >= 11 is 0. The van der Waals surface area contributed by atoms with Crippen molar-refractivity contribution in [1.29, 1.82) is 0 Å². The van der Waals surface area contributed by atoms with Crippen LogP contribution >= 0.6 is 0 Å². The first-order valence-corrected chi connectivity index (χ1v) is 11.7. The zero-order chi connectivity index (χ0) is 23.5. The molecule has 0 amide bonds. The largest absolute Gasteiger partial charge is 0.416 e. The van der Waals surface area contributed by atoms with Crippen molar-refractivity contribution in [2.45, 2.75) is 76.9 Å². The van der Waals surface area contributed by atoms with E-state index in [1.54, 1.807) is 0 Å². The minimum Gasteiger partial charge on any atom is -0.388 e. The van der Waals surface area contributed by atoms with E-state index in [1.807, 2.05) is 6.92 Å². The maximum absolute atomic E-state index is 13.1. The van der Waals surface area contributed by atoms with Crippen molar-refractivity contribution in [2.75, 3.05) is 13.2 Å². The van der Waals surface area contributed by atoms with Crippen LogP contribution < -0.4 is 0 Å². The second-order valence-corrected chi connectivity index (χ2v) is 10.4. The molecule has 2 aromatic rings. The van der Waals surface area contributed by atoms with Gasteiger partial charge < -0.3 is 14.6 Å². The third kappa shape index (κ3) is 4.08. The van der Waals surface area contributed by atoms with E-state index < -0.39 is 23.9 Å². The third-order valence-corrected chi connectivity index (χ3v) is 7.31. The molecule has 33 heavy (non-hydrogen) atoms. The van der Waals surface area contributed by atoms with Crippen LogP contribution in [0.5, 0.6) is 0 Å². The molecule has 2 unspecified atom stereocenters. The predicted octanol–water partition coefficient (Wildman–Crippen LogP) is 6.18. The molecule has 3 aliphatic rings. The molecule has 1 saturated heterocycles. The van der Waals surface area contributed by atoms with Crippen molar-refractivity contribution in [2.24, 2.45) is 5.41 Å². The first-order chi connectivity index (χ1) is 15.5. The van der Waals surface area contributed by atoms with E-state index >= 15 is 0 Å². The summed E-state index contributed by atoms with van der Waals surface area (Å²) in [6.07, 6.45) is -2.68. The van der Waals surface area contributed by atoms with Crippen LogP contribution in [0.4, 0.5) is 13.2 Å². The Morgan fingerprint density at radius 1 is 1.03 bits per heavy atom. The summed E-state index contributed by atoms with van der Waals surface area (Å²) in [5.41, 5.74) is 4.66. The number of aliphatic hydroxyl groups excluding tert-OH is 1. The Labute approximate surface area is 192 Å². The highest BCUT2D eigenvalue weighted by molar-refractivity contribution is 5.52. The first kappa shape index (κ1) is 22.8. The topological polar surface area (TPSA) is 51.6 Å². The number of ether oxygens (including phenoxy) is 2. The second-order valence-electron chi connectivity index (χ2n) is 10.4. The van der Waals surface area contributed by atoms with Crippen LogP contribution in [-0.2, 0) is 22.1 Å². The number of alkyl halides is 3. The molecule has 178 valence electrons. The SMILES string of the molecule is CC1OC(c2ccc(C(F)(F)F)cc2)c2c1nc1c(c2C2CCOCC2)[C@@H](O)CC(C)(C)C1. The van der Waals surface area contributed by atoms with Crippen LogP contribution in [-0.4, -0.2) is 23.3 Å². The number of halogens is 3. The molecule has 2 aliphatic heterocycles. The molecule has 1 fully saturated rings. The van der Waals surface area contributed by atoms with Crippen LogP contribution in [0, 0.1) is 5.41 Å². The summed E-state index contributed by atoms with van der Waals surface area (Å²) in [7, 11) is 0. The van der Waals surface area contributed by atoms with Gasteiger partial charge in [0, 0.05) is 30.0 Å². The number of nitrogens with zero attached hydrogens (tertiary/aromatic N) is 1. The Hall–Kier alpha value is -1.96. The monoisotopic (exact) mass is 461 g/mol. The lowest BCUT2D eigenvalue weighted by Gasteiger charge is -2.38. The molecular weight excluding hydrogens is 431 g/mol. The zero-order valence-corrected chi connectivity index (χ0v) is 19.2. The summed E-state index contributed by atoms with van der Waals surface area (Å²) in [4.78, 5) is 5.01. The lowest BCUT2D eigenvalue weighted by Crippen LogP contribution is -2.30. The predicted molar refractivity (Wildman–Crippen MR) is 117 cm³/mol. The summed E-state index contributed by atoms with van der Waals surface area (Å²) in [5, 5.41) is 11.3. The minimum absolute atomic E-state index is 0.0594. The molecule has 0 spiro atoms. The van der Waals surface area contributed by atoms with Gasteiger partial charge >= 0.3 is 6.18 Å². The highest BCUT2D eigenvalue weighted by Gasteiger charge is 2.43. The van der Waals surface area contributed by atoms with Crippen molar-refractivity contribution in [1.82, 2.24) is 4.98 Å². The standard InChI is InChI=1S/C26H30F3NO3/c1-14-23-22(24(33-14)16-4-6-17(7-5-16)26(27,28)29)20(15-8-10-32-11-9-15)21-18(30-23)12-25(2,3)13-19(21)31/h4-7,14-15,19,24,31H,8-13H2,1-3H3/t14?,19-,24?/m0/s1. The number of fused-ring (bicyclic) bond motifs is 2.